The van der Waals surface area contributed by atoms with Crippen molar-refractivity contribution in [1.82, 2.24) is 10.2 Å². The van der Waals surface area contributed by atoms with Gasteiger partial charge >= 0.3 is 0 Å². The van der Waals surface area contributed by atoms with Gasteiger partial charge in [0.15, 0.2) is 0 Å². The smallest absolute Gasteiger partial charge is 0.294 e. The molecule has 1 fully saturated rings. The van der Waals surface area contributed by atoms with Gasteiger partial charge in [-0.1, -0.05) is 55.5 Å². The normalized spacial score (nSPS) is 15.1. The fourth-order valence-electron chi connectivity index (χ4n) is 2.71. The molecular weight excluding hydrogens is 388 g/mol. The van der Waals surface area contributed by atoms with E-state index in [1.165, 1.54) is 0 Å². The van der Waals surface area contributed by atoms with Crippen molar-refractivity contribution in [3.05, 3.63) is 70.6 Å². The van der Waals surface area contributed by atoms with E-state index in [0.29, 0.717) is 24.5 Å². The highest BCUT2D eigenvalue weighted by molar-refractivity contribution is 8.18. The molecule has 0 radical (unpaired) electrons. The van der Waals surface area contributed by atoms with Gasteiger partial charge in [-0.25, -0.2) is 0 Å². The molecule has 0 atom stereocenters. The standard InChI is InChI=1S/C22H22N2O4S/c1-2-12-23-20(25)14-24-21(26)19(29-22(24)27)13-17-10-6-7-11-18(17)28-15-16-8-4-3-5-9-16/h3-11,13H,2,12,14-15H2,1H3,(H,23,25)/b19-13-. The number of imide groups is 1. The summed E-state index contributed by atoms with van der Waals surface area (Å²) in [5.41, 5.74) is 1.73. The zero-order valence-electron chi connectivity index (χ0n) is 16.1. The lowest BCUT2D eigenvalue weighted by Crippen LogP contribution is -2.39. The summed E-state index contributed by atoms with van der Waals surface area (Å²) in [7, 11) is 0. The van der Waals surface area contributed by atoms with E-state index < -0.39 is 11.1 Å². The van der Waals surface area contributed by atoms with E-state index in [1.807, 2.05) is 61.5 Å². The molecule has 0 unspecified atom stereocenters. The number of carbonyl (C=O) groups is 3. The van der Waals surface area contributed by atoms with Gasteiger partial charge in [0, 0.05) is 12.1 Å². The number of nitrogens with one attached hydrogen (secondary N) is 1. The number of amides is 3. The van der Waals surface area contributed by atoms with Gasteiger partial charge in [0.25, 0.3) is 11.1 Å². The molecule has 0 aliphatic carbocycles. The topological polar surface area (TPSA) is 75.7 Å². The summed E-state index contributed by atoms with van der Waals surface area (Å²) in [4.78, 5) is 37.9. The first-order valence-corrected chi connectivity index (χ1v) is 10.2. The summed E-state index contributed by atoms with van der Waals surface area (Å²) in [5.74, 6) is -0.199. The second-order valence-electron chi connectivity index (χ2n) is 6.43. The Morgan fingerprint density at radius 3 is 2.59 bits per heavy atom. The first kappa shape index (κ1) is 20.7. The highest BCUT2D eigenvalue weighted by atomic mass is 32.2. The van der Waals surface area contributed by atoms with Crippen LogP contribution >= 0.6 is 11.8 Å². The third-order valence-corrected chi connectivity index (χ3v) is 5.10. The Morgan fingerprint density at radius 1 is 1.10 bits per heavy atom. The van der Waals surface area contributed by atoms with Gasteiger partial charge in [-0.3, -0.25) is 19.3 Å². The van der Waals surface area contributed by atoms with Crippen LogP contribution < -0.4 is 10.1 Å². The zero-order chi connectivity index (χ0) is 20.6. The lowest BCUT2D eigenvalue weighted by atomic mass is 10.1. The van der Waals surface area contributed by atoms with Crippen molar-refractivity contribution in [2.24, 2.45) is 0 Å². The Bertz CT molecular complexity index is 927. The van der Waals surface area contributed by atoms with Gasteiger partial charge in [0.05, 0.1) is 4.91 Å². The number of ether oxygens (including phenoxy) is 1. The summed E-state index contributed by atoms with van der Waals surface area (Å²) in [6.45, 7) is 2.57. The molecule has 7 heteroatoms. The van der Waals surface area contributed by atoms with Crippen molar-refractivity contribution in [2.75, 3.05) is 13.1 Å². The maximum Gasteiger partial charge on any atom is 0.294 e. The Labute approximate surface area is 173 Å². The molecule has 3 rings (SSSR count). The predicted octanol–water partition coefficient (Wildman–Crippen LogP) is 3.83. The first-order valence-electron chi connectivity index (χ1n) is 9.36. The van der Waals surface area contributed by atoms with Crippen molar-refractivity contribution in [1.29, 1.82) is 0 Å². The Kier molecular flexibility index (Phi) is 7.08. The summed E-state index contributed by atoms with van der Waals surface area (Å²) >= 11 is 0.829. The molecule has 1 aliphatic heterocycles. The minimum atomic E-state index is -0.468. The number of para-hydroxylation sites is 1. The number of nitrogens with zero attached hydrogens (tertiary/aromatic N) is 1. The molecule has 2 aromatic rings. The van der Waals surface area contributed by atoms with Crippen molar-refractivity contribution in [3.8, 4) is 5.75 Å². The van der Waals surface area contributed by atoms with Gasteiger partial charge in [-0.2, -0.15) is 0 Å². The van der Waals surface area contributed by atoms with Gasteiger partial charge in [0.1, 0.15) is 18.9 Å². The molecule has 3 amide bonds. The van der Waals surface area contributed by atoms with E-state index in [1.54, 1.807) is 6.08 Å². The van der Waals surface area contributed by atoms with Crippen LogP contribution in [0.25, 0.3) is 6.08 Å². The second-order valence-corrected chi connectivity index (χ2v) is 7.42. The highest BCUT2D eigenvalue weighted by Gasteiger charge is 2.36. The Balaban J connectivity index is 1.72. The molecule has 1 N–H and O–H groups in total. The molecule has 1 saturated heterocycles. The SMILES string of the molecule is CCCNC(=O)CN1C(=O)S/C(=C\c2ccccc2OCc2ccccc2)C1=O. The second kappa shape index (κ2) is 9.93. The molecule has 1 heterocycles. The molecule has 0 bridgehead atoms. The van der Waals surface area contributed by atoms with Crippen LogP contribution in [-0.4, -0.2) is 35.0 Å². The number of carbonyl (C=O) groups excluding carboxylic acids is 3. The quantitative estimate of drug-likeness (QED) is 0.670. The Hall–Kier alpha value is -3.06. The van der Waals surface area contributed by atoms with E-state index >= 15 is 0 Å². The summed E-state index contributed by atoms with van der Waals surface area (Å²) < 4.78 is 5.90. The van der Waals surface area contributed by atoms with Crippen LogP contribution in [0.4, 0.5) is 4.79 Å². The predicted molar refractivity (Wildman–Crippen MR) is 113 cm³/mol. The van der Waals surface area contributed by atoms with Crippen LogP contribution in [-0.2, 0) is 16.2 Å². The lowest BCUT2D eigenvalue weighted by Gasteiger charge is -2.12. The largest absolute Gasteiger partial charge is 0.488 e. The van der Waals surface area contributed by atoms with Crippen molar-refractivity contribution < 1.29 is 19.1 Å². The first-order chi connectivity index (χ1) is 14.1. The van der Waals surface area contributed by atoms with Crippen LogP contribution in [0, 0.1) is 0 Å². The monoisotopic (exact) mass is 410 g/mol. The Morgan fingerprint density at radius 2 is 1.83 bits per heavy atom. The van der Waals surface area contributed by atoms with E-state index in [0.717, 1.165) is 28.6 Å². The van der Waals surface area contributed by atoms with Crippen LogP contribution in [0.15, 0.2) is 59.5 Å². The molecular formula is C22H22N2O4S. The van der Waals surface area contributed by atoms with Crippen LogP contribution in [0.1, 0.15) is 24.5 Å². The fourth-order valence-corrected chi connectivity index (χ4v) is 3.54. The van der Waals surface area contributed by atoms with Crippen molar-refractivity contribution >= 4 is 34.9 Å². The van der Waals surface area contributed by atoms with Crippen LogP contribution in [0.5, 0.6) is 5.75 Å². The average molecular weight is 410 g/mol. The zero-order valence-corrected chi connectivity index (χ0v) is 16.9. The maximum atomic E-state index is 12.6. The molecule has 2 aromatic carbocycles. The van der Waals surface area contributed by atoms with Gasteiger partial charge in [-0.15, -0.1) is 0 Å². The lowest BCUT2D eigenvalue weighted by molar-refractivity contribution is -0.129. The maximum absolute atomic E-state index is 12.6. The van der Waals surface area contributed by atoms with Crippen molar-refractivity contribution in [3.63, 3.8) is 0 Å². The van der Waals surface area contributed by atoms with Gasteiger partial charge in [0.2, 0.25) is 5.91 Å². The molecule has 6 nitrogen and oxygen atoms in total. The minimum absolute atomic E-state index is 0.270. The average Bonchev–Trinajstić information content (AvgIpc) is 2.99. The highest BCUT2D eigenvalue weighted by Crippen LogP contribution is 2.34. The molecule has 150 valence electrons. The third kappa shape index (κ3) is 5.48. The van der Waals surface area contributed by atoms with E-state index in [-0.39, 0.29) is 17.4 Å². The van der Waals surface area contributed by atoms with E-state index in [2.05, 4.69) is 5.32 Å². The number of hydrogen-bond acceptors (Lipinski definition) is 5. The molecule has 0 saturated carbocycles. The molecule has 1 aliphatic rings. The molecule has 29 heavy (non-hydrogen) atoms. The summed E-state index contributed by atoms with van der Waals surface area (Å²) in [6, 6.07) is 17.1. The number of thioether (sulfide) groups is 1. The number of rotatable bonds is 8. The van der Waals surface area contributed by atoms with E-state index in [4.69, 9.17) is 4.74 Å². The summed E-state index contributed by atoms with van der Waals surface area (Å²) in [6.07, 6.45) is 2.42. The molecule has 0 aromatic heterocycles. The van der Waals surface area contributed by atoms with E-state index in [9.17, 15) is 14.4 Å². The third-order valence-electron chi connectivity index (χ3n) is 4.19. The fraction of sp³-hybridized carbons (Fsp3) is 0.227. The minimum Gasteiger partial charge on any atom is -0.488 e. The number of hydrogen-bond donors (Lipinski definition) is 1. The summed E-state index contributed by atoms with van der Waals surface area (Å²) in [5, 5.41) is 2.22. The number of benzene rings is 2. The molecule has 0 spiro atoms. The van der Waals surface area contributed by atoms with Crippen LogP contribution in [0.3, 0.4) is 0 Å². The van der Waals surface area contributed by atoms with Crippen LogP contribution in [0.2, 0.25) is 0 Å². The van der Waals surface area contributed by atoms with Crippen molar-refractivity contribution in [2.45, 2.75) is 20.0 Å². The van der Waals surface area contributed by atoms with Gasteiger partial charge < -0.3 is 10.1 Å². The van der Waals surface area contributed by atoms with Gasteiger partial charge in [-0.05, 0) is 35.9 Å².